The number of aryl methyl sites for hydroxylation is 6. The molecule has 6 aromatic rings. The van der Waals surface area contributed by atoms with Crippen LogP contribution >= 0.6 is 0 Å². The quantitative estimate of drug-likeness (QED) is 0.268. The van der Waals surface area contributed by atoms with E-state index in [4.69, 9.17) is 0 Å². The van der Waals surface area contributed by atoms with Gasteiger partial charge in [-0.25, -0.2) is 0 Å². The third-order valence-corrected chi connectivity index (χ3v) is 7.44. The van der Waals surface area contributed by atoms with Crippen molar-refractivity contribution in [2.45, 2.75) is 41.5 Å². The van der Waals surface area contributed by atoms with Crippen molar-refractivity contribution >= 4 is 32.6 Å². The van der Waals surface area contributed by atoms with Gasteiger partial charge in [0.25, 0.3) is 0 Å². The number of nitrogens with one attached hydrogen (secondary N) is 1. The maximum atomic E-state index is 3.89. The Balaban J connectivity index is 1.97. The Morgan fingerprint density at radius 2 is 1.11 bits per heavy atom. The van der Waals surface area contributed by atoms with E-state index in [2.05, 4.69) is 119 Å². The molecule has 0 saturated heterocycles. The molecule has 35 heavy (non-hydrogen) atoms. The Labute approximate surface area is 207 Å². The molecule has 0 aliphatic rings. The average Bonchev–Trinajstić information content (AvgIpc) is 3.16. The molecule has 0 amide bonds. The predicted molar refractivity (Wildman–Crippen MR) is 153 cm³/mol. The van der Waals surface area contributed by atoms with Gasteiger partial charge in [-0.2, -0.15) is 0 Å². The first-order valence-electron chi connectivity index (χ1n) is 12.5. The van der Waals surface area contributed by atoms with Gasteiger partial charge in [-0.1, -0.05) is 77.4 Å². The molecule has 0 saturated carbocycles. The Morgan fingerprint density at radius 3 is 1.83 bits per heavy atom. The molecule has 172 valence electrons. The fourth-order valence-electron chi connectivity index (χ4n) is 6.24. The molecule has 1 N–H and O–H groups in total. The normalized spacial score (nSPS) is 11.7. The van der Waals surface area contributed by atoms with Gasteiger partial charge in [0, 0.05) is 21.9 Å². The molecule has 0 radical (unpaired) electrons. The van der Waals surface area contributed by atoms with Gasteiger partial charge in [0.1, 0.15) is 0 Å². The lowest BCUT2D eigenvalue weighted by atomic mass is 9.83. The summed E-state index contributed by atoms with van der Waals surface area (Å²) in [6.07, 6.45) is 0. The lowest BCUT2D eigenvalue weighted by Gasteiger charge is -2.21. The molecule has 0 aliphatic carbocycles. The van der Waals surface area contributed by atoms with Crippen LogP contribution in [0.15, 0.2) is 72.8 Å². The maximum Gasteiger partial charge on any atom is 0.0557 e. The van der Waals surface area contributed by atoms with Gasteiger partial charge in [0.2, 0.25) is 0 Å². The highest BCUT2D eigenvalue weighted by Gasteiger charge is 2.23. The van der Waals surface area contributed by atoms with E-state index in [1.807, 2.05) is 0 Å². The van der Waals surface area contributed by atoms with Crippen molar-refractivity contribution in [3.8, 4) is 22.3 Å². The summed E-state index contributed by atoms with van der Waals surface area (Å²) in [4.78, 5) is 3.89. The van der Waals surface area contributed by atoms with Crippen LogP contribution in [-0.4, -0.2) is 4.98 Å². The van der Waals surface area contributed by atoms with Crippen molar-refractivity contribution in [2.75, 3.05) is 0 Å². The number of rotatable bonds is 2. The van der Waals surface area contributed by atoms with E-state index in [1.165, 1.54) is 88.2 Å². The fraction of sp³-hybridized carbons (Fsp3) is 0.176. The van der Waals surface area contributed by atoms with Gasteiger partial charge in [-0.05, 0) is 97.8 Å². The first-order chi connectivity index (χ1) is 16.8. The lowest BCUT2D eigenvalue weighted by molar-refractivity contribution is 1.32. The van der Waals surface area contributed by atoms with E-state index in [0.29, 0.717) is 0 Å². The van der Waals surface area contributed by atoms with Crippen LogP contribution in [0.25, 0.3) is 54.8 Å². The maximum absolute atomic E-state index is 3.89. The van der Waals surface area contributed by atoms with Crippen LogP contribution in [0.5, 0.6) is 0 Å². The molecule has 0 atom stereocenters. The number of fused-ring (bicyclic) bond motifs is 4. The second-order valence-electron chi connectivity index (χ2n) is 10.3. The van der Waals surface area contributed by atoms with Crippen LogP contribution in [0.3, 0.4) is 0 Å². The standard InChI is InChI=1S/C34H31N/c1-19-12-13-28-26(17-19)32-31(25-10-8-7-9-11-25)27-18-21(3)16-24(6)30(27)33(34(32)35-28)29-22(4)14-20(2)15-23(29)5/h7-18,35H,1-6H3. The highest BCUT2D eigenvalue weighted by atomic mass is 14.7. The summed E-state index contributed by atoms with van der Waals surface area (Å²) in [6.45, 7) is 13.4. The summed E-state index contributed by atoms with van der Waals surface area (Å²) >= 11 is 0. The summed E-state index contributed by atoms with van der Waals surface area (Å²) in [6, 6.07) is 27.1. The number of aromatic amines is 1. The lowest BCUT2D eigenvalue weighted by Crippen LogP contribution is -1.97. The van der Waals surface area contributed by atoms with Crippen LogP contribution in [0.1, 0.15) is 33.4 Å². The largest absolute Gasteiger partial charge is 0.354 e. The second kappa shape index (κ2) is 7.85. The molecule has 0 spiro atoms. The van der Waals surface area contributed by atoms with Crippen molar-refractivity contribution in [3.05, 3.63) is 106 Å². The molecule has 6 rings (SSSR count). The topological polar surface area (TPSA) is 15.8 Å². The second-order valence-corrected chi connectivity index (χ2v) is 10.3. The average molecular weight is 454 g/mol. The molecule has 1 heterocycles. The molecule has 0 unspecified atom stereocenters. The van der Waals surface area contributed by atoms with Crippen molar-refractivity contribution < 1.29 is 0 Å². The minimum Gasteiger partial charge on any atom is -0.354 e. The van der Waals surface area contributed by atoms with E-state index >= 15 is 0 Å². The van der Waals surface area contributed by atoms with Crippen molar-refractivity contribution in [1.29, 1.82) is 0 Å². The summed E-state index contributed by atoms with van der Waals surface area (Å²) < 4.78 is 0. The highest BCUT2D eigenvalue weighted by molar-refractivity contribution is 6.28. The van der Waals surface area contributed by atoms with E-state index in [-0.39, 0.29) is 0 Å². The van der Waals surface area contributed by atoms with Crippen LogP contribution in [0.4, 0.5) is 0 Å². The Kier molecular flexibility index (Phi) is 4.86. The number of hydrogen-bond acceptors (Lipinski definition) is 0. The van der Waals surface area contributed by atoms with Crippen LogP contribution < -0.4 is 0 Å². The first-order valence-corrected chi connectivity index (χ1v) is 12.5. The monoisotopic (exact) mass is 453 g/mol. The van der Waals surface area contributed by atoms with Gasteiger partial charge in [-0.3, -0.25) is 0 Å². The third kappa shape index (κ3) is 3.30. The zero-order chi connectivity index (χ0) is 24.4. The zero-order valence-corrected chi connectivity index (χ0v) is 21.4. The van der Waals surface area contributed by atoms with E-state index in [1.54, 1.807) is 0 Å². The number of benzene rings is 5. The minimum atomic E-state index is 1.19. The van der Waals surface area contributed by atoms with Crippen molar-refractivity contribution in [1.82, 2.24) is 4.98 Å². The van der Waals surface area contributed by atoms with Crippen LogP contribution in [0.2, 0.25) is 0 Å². The van der Waals surface area contributed by atoms with Gasteiger partial charge < -0.3 is 4.98 Å². The summed E-state index contributed by atoms with van der Waals surface area (Å²) in [5.74, 6) is 0. The Bertz CT molecular complexity index is 1760. The number of H-pyrrole nitrogens is 1. The molecule has 0 aliphatic heterocycles. The summed E-state index contributed by atoms with van der Waals surface area (Å²) in [5.41, 5.74) is 15.6. The number of aromatic nitrogens is 1. The Hall–Kier alpha value is -3.84. The van der Waals surface area contributed by atoms with E-state index in [0.717, 1.165) is 0 Å². The minimum absolute atomic E-state index is 1.19. The third-order valence-electron chi connectivity index (χ3n) is 7.44. The van der Waals surface area contributed by atoms with Crippen LogP contribution in [0, 0.1) is 41.5 Å². The Morgan fingerprint density at radius 1 is 0.486 bits per heavy atom. The molecule has 0 fully saturated rings. The fourth-order valence-corrected chi connectivity index (χ4v) is 6.24. The first kappa shape index (κ1) is 21.7. The molecular formula is C34H31N. The SMILES string of the molecule is Cc1cc(C)c(-c2c3[nH]c4ccc(C)cc4c3c(-c3ccccc3)c3cc(C)cc(C)c23)c(C)c1. The van der Waals surface area contributed by atoms with Gasteiger partial charge in [-0.15, -0.1) is 0 Å². The summed E-state index contributed by atoms with van der Waals surface area (Å²) in [7, 11) is 0. The van der Waals surface area contributed by atoms with E-state index in [9.17, 15) is 0 Å². The zero-order valence-electron chi connectivity index (χ0n) is 21.4. The van der Waals surface area contributed by atoms with Crippen molar-refractivity contribution in [3.63, 3.8) is 0 Å². The molecule has 1 nitrogen and oxygen atoms in total. The molecule has 5 aromatic carbocycles. The smallest absolute Gasteiger partial charge is 0.0557 e. The van der Waals surface area contributed by atoms with Gasteiger partial charge in [0.05, 0.1) is 5.52 Å². The number of hydrogen-bond donors (Lipinski definition) is 1. The van der Waals surface area contributed by atoms with Gasteiger partial charge in [0.15, 0.2) is 0 Å². The molecule has 1 aromatic heterocycles. The van der Waals surface area contributed by atoms with Crippen LogP contribution in [-0.2, 0) is 0 Å². The van der Waals surface area contributed by atoms with Gasteiger partial charge >= 0.3 is 0 Å². The van der Waals surface area contributed by atoms with Crippen molar-refractivity contribution in [2.24, 2.45) is 0 Å². The summed E-state index contributed by atoms with van der Waals surface area (Å²) in [5, 5.41) is 5.30. The molecular weight excluding hydrogens is 422 g/mol. The molecule has 1 heteroatoms. The highest BCUT2D eigenvalue weighted by Crippen LogP contribution is 2.48. The predicted octanol–water partition coefficient (Wildman–Crippen LogP) is 9.66. The van der Waals surface area contributed by atoms with E-state index < -0.39 is 0 Å². The molecule has 0 bridgehead atoms.